The lowest BCUT2D eigenvalue weighted by Gasteiger charge is -2.14. The summed E-state index contributed by atoms with van der Waals surface area (Å²) in [6, 6.07) is 20.8. The van der Waals surface area contributed by atoms with Crippen LogP contribution < -0.4 is 0 Å². The van der Waals surface area contributed by atoms with E-state index in [2.05, 4.69) is 76.6 Å². The molecule has 27 heavy (non-hydrogen) atoms. The van der Waals surface area contributed by atoms with Crippen LogP contribution in [0.3, 0.4) is 0 Å². The molecule has 0 amide bonds. The number of nitrogens with zero attached hydrogens (tertiary/aromatic N) is 2. The number of hydrogen-bond donors (Lipinski definition) is 0. The summed E-state index contributed by atoms with van der Waals surface area (Å²) in [7, 11) is 0. The average Bonchev–Trinajstić information content (AvgIpc) is 2.75. The molecule has 1 aliphatic rings. The molecule has 0 N–H and O–H groups in total. The summed E-state index contributed by atoms with van der Waals surface area (Å²) in [6.45, 7) is 0. The van der Waals surface area contributed by atoms with Gasteiger partial charge in [0.05, 0.1) is 11.2 Å². The van der Waals surface area contributed by atoms with Crippen molar-refractivity contribution < 1.29 is 0 Å². The quantitative estimate of drug-likeness (QED) is 0.333. The smallest absolute Gasteiger partial charge is 0.160 e. The Kier molecular flexibility index (Phi) is 4.10. The van der Waals surface area contributed by atoms with Crippen LogP contribution in [0.4, 0.5) is 0 Å². The predicted molar refractivity (Wildman–Crippen MR) is 117 cm³/mol. The first-order valence-corrected chi connectivity index (χ1v) is 9.92. The molecule has 4 aromatic rings. The van der Waals surface area contributed by atoms with E-state index in [1.165, 1.54) is 11.0 Å². The molecule has 3 aromatic carbocycles. The molecule has 1 aliphatic carbocycles. The molecule has 0 saturated carbocycles. The minimum atomic E-state index is 0.769. The van der Waals surface area contributed by atoms with Gasteiger partial charge in [-0.25, -0.2) is 9.97 Å². The van der Waals surface area contributed by atoms with Gasteiger partial charge in [0, 0.05) is 20.8 Å². The standard InChI is InChI=1S/C24H17BrN2/c25-21-15-20-22(16-9-3-1-4-10-16)26-24(17-11-5-2-6-12-17)27-23(20)19-14-8-7-13-18(19)21/h2-3,5-15H,1,4H2. The van der Waals surface area contributed by atoms with Gasteiger partial charge in [0.25, 0.3) is 0 Å². The summed E-state index contributed by atoms with van der Waals surface area (Å²) in [5, 5.41) is 3.39. The number of allylic oxidation sites excluding steroid dienone is 4. The highest BCUT2D eigenvalue weighted by atomic mass is 79.9. The summed E-state index contributed by atoms with van der Waals surface area (Å²) in [5.74, 6) is 0.769. The van der Waals surface area contributed by atoms with Crippen molar-refractivity contribution in [1.29, 1.82) is 0 Å². The molecule has 0 aliphatic heterocycles. The highest BCUT2D eigenvalue weighted by Gasteiger charge is 2.16. The molecule has 1 heterocycles. The van der Waals surface area contributed by atoms with Crippen LogP contribution in [-0.2, 0) is 0 Å². The topological polar surface area (TPSA) is 25.8 Å². The molecule has 0 unspecified atom stereocenters. The molecule has 1 aromatic heterocycles. The van der Waals surface area contributed by atoms with E-state index in [1.54, 1.807) is 0 Å². The minimum Gasteiger partial charge on any atom is -0.227 e. The van der Waals surface area contributed by atoms with Crippen molar-refractivity contribution in [3.63, 3.8) is 0 Å². The van der Waals surface area contributed by atoms with E-state index in [-0.39, 0.29) is 0 Å². The highest BCUT2D eigenvalue weighted by Crippen LogP contribution is 2.36. The third-order valence-corrected chi connectivity index (χ3v) is 5.61. The Hall–Kier alpha value is -2.78. The zero-order valence-corrected chi connectivity index (χ0v) is 16.3. The average molecular weight is 413 g/mol. The number of rotatable bonds is 2. The fourth-order valence-corrected chi connectivity index (χ4v) is 4.21. The van der Waals surface area contributed by atoms with E-state index in [0.29, 0.717) is 0 Å². The van der Waals surface area contributed by atoms with Gasteiger partial charge in [0.2, 0.25) is 0 Å². The fraction of sp³-hybridized carbons (Fsp3) is 0.0833. The van der Waals surface area contributed by atoms with E-state index >= 15 is 0 Å². The number of aromatic nitrogens is 2. The van der Waals surface area contributed by atoms with E-state index < -0.39 is 0 Å². The van der Waals surface area contributed by atoms with Crippen molar-refractivity contribution in [3.05, 3.63) is 89.1 Å². The summed E-state index contributed by atoms with van der Waals surface area (Å²) >= 11 is 3.75. The zero-order chi connectivity index (χ0) is 18.2. The molecule has 3 heteroatoms. The Balaban J connectivity index is 1.91. The first kappa shape index (κ1) is 16.4. The molecule has 0 spiro atoms. The van der Waals surface area contributed by atoms with E-state index in [0.717, 1.165) is 50.7 Å². The van der Waals surface area contributed by atoms with Crippen LogP contribution in [0.1, 0.15) is 18.5 Å². The van der Waals surface area contributed by atoms with Crippen LogP contribution >= 0.6 is 15.9 Å². The number of benzene rings is 3. The summed E-state index contributed by atoms with van der Waals surface area (Å²) in [5.41, 5.74) is 4.21. The number of hydrogen-bond acceptors (Lipinski definition) is 2. The maximum Gasteiger partial charge on any atom is 0.160 e. The second-order valence-electron chi connectivity index (χ2n) is 6.70. The Morgan fingerprint density at radius 2 is 1.56 bits per heavy atom. The fourth-order valence-electron chi connectivity index (χ4n) is 3.64. The zero-order valence-electron chi connectivity index (χ0n) is 14.7. The van der Waals surface area contributed by atoms with E-state index in [9.17, 15) is 0 Å². The van der Waals surface area contributed by atoms with Gasteiger partial charge >= 0.3 is 0 Å². The third kappa shape index (κ3) is 2.88. The van der Waals surface area contributed by atoms with Crippen molar-refractivity contribution in [2.24, 2.45) is 0 Å². The lowest BCUT2D eigenvalue weighted by atomic mass is 9.98. The normalized spacial score (nSPS) is 13.9. The summed E-state index contributed by atoms with van der Waals surface area (Å²) in [6.07, 6.45) is 8.82. The first-order chi connectivity index (χ1) is 13.3. The second kappa shape index (κ2) is 6.75. The highest BCUT2D eigenvalue weighted by molar-refractivity contribution is 9.10. The minimum absolute atomic E-state index is 0.769. The molecule has 2 nitrogen and oxygen atoms in total. The van der Waals surface area contributed by atoms with Crippen LogP contribution in [0.2, 0.25) is 0 Å². The van der Waals surface area contributed by atoms with Gasteiger partial charge in [0.1, 0.15) is 0 Å². The van der Waals surface area contributed by atoms with Crippen molar-refractivity contribution in [1.82, 2.24) is 9.97 Å². The Labute approximate surface area is 166 Å². The summed E-state index contributed by atoms with van der Waals surface area (Å²) in [4.78, 5) is 9.98. The molecule has 0 radical (unpaired) electrons. The van der Waals surface area contributed by atoms with E-state index in [4.69, 9.17) is 9.97 Å². The molecule has 0 bridgehead atoms. The maximum atomic E-state index is 4.99. The van der Waals surface area contributed by atoms with Gasteiger partial charge < -0.3 is 0 Å². The van der Waals surface area contributed by atoms with Crippen molar-refractivity contribution in [2.45, 2.75) is 12.8 Å². The number of fused-ring (bicyclic) bond motifs is 3. The molecular formula is C24H17BrN2. The van der Waals surface area contributed by atoms with Gasteiger partial charge in [-0.15, -0.1) is 0 Å². The SMILES string of the molecule is Brc1cc2c(C3=CCCC=C3)nc(-c3ccccc3)nc2c2ccccc12. The van der Waals surface area contributed by atoms with Crippen molar-refractivity contribution >= 4 is 43.2 Å². The van der Waals surface area contributed by atoms with Crippen molar-refractivity contribution in [2.75, 3.05) is 0 Å². The van der Waals surface area contributed by atoms with Crippen LogP contribution in [-0.4, -0.2) is 9.97 Å². The van der Waals surface area contributed by atoms with Crippen LogP contribution in [0.5, 0.6) is 0 Å². The molecular weight excluding hydrogens is 396 g/mol. The van der Waals surface area contributed by atoms with Crippen LogP contribution in [0.25, 0.3) is 38.6 Å². The monoisotopic (exact) mass is 412 g/mol. The second-order valence-corrected chi connectivity index (χ2v) is 7.56. The van der Waals surface area contributed by atoms with Gasteiger partial charge in [-0.05, 0) is 29.9 Å². The maximum absolute atomic E-state index is 4.99. The molecule has 0 saturated heterocycles. The largest absolute Gasteiger partial charge is 0.227 e. The van der Waals surface area contributed by atoms with Gasteiger partial charge in [-0.1, -0.05) is 88.8 Å². The predicted octanol–water partition coefficient (Wildman–Crippen LogP) is 6.95. The number of halogens is 1. The van der Waals surface area contributed by atoms with Gasteiger partial charge in [-0.3, -0.25) is 0 Å². The van der Waals surface area contributed by atoms with Gasteiger partial charge in [0.15, 0.2) is 5.82 Å². The first-order valence-electron chi connectivity index (χ1n) is 9.13. The van der Waals surface area contributed by atoms with Crippen LogP contribution in [0, 0.1) is 0 Å². The van der Waals surface area contributed by atoms with Crippen LogP contribution in [0.15, 0.2) is 83.4 Å². The molecule has 130 valence electrons. The van der Waals surface area contributed by atoms with E-state index in [1.807, 2.05) is 18.2 Å². The van der Waals surface area contributed by atoms with Gasteiger partial charge in [-0.2, -0.15) is 0 Å². The van der Waals surface area contributed by atoms with Crippen molar-refractivity contribution in [3.8, 4) is 11.4 Å². The molecule has 0 atom stereocenters. The molecule has 0 fully saturated rings. The Bertz CT molecular complexity index is 1220. The Morgan fingerprint density at radius 1 is 0.778 bits per heavy atom. The molecule has 5 rings (SSSR count). The summed E-state index contributed by atoms with van der Waals surface area (Å²) < 4.78 is 1.07. The Morgan fingerprint density at radius 3 is 2.33 bits per heavy atom. The third-order valence-electron chi connectivity index (χ3n) is 4.96. The lowest BCUT2D eigenvalue weighted by molar-refractivity contribution is 1.04. The lowest BCUT2D eigenvalue weighted by Crippen LogP contribution is -1.99.